The molecule has 2 rings (SSSR count). The van der Waals surface area contributed by atoms with E-state index in [2.05, 4.69) is 21.2 Å². The summed E-state index contributed by atoms with van der Waals surface area (Å²) in [5.74, 6) is 1.08. The normalized spacial score (nSPS) is 15.0. The van der Waals surface area contributed by atoms with E-state index in [9.17, 15) is 4.79 Å². The molecule has 1 fully saturated rings. The van der Waals surface area contributed by atoms with E-state index in [0.29, 0.717) is 13.0 Å². The van der Waals surface area contributed by atoms with Gasteiger partial charge in [0.2, 0.25) is 5.91 Å². The lowest BCUT2D eigenvalue weighted by Gasteiger charge is -2.19. The quantitative estimate of drug-likeness (QED) is 0.802. The molecule has 1 saturated heterocycles. The van der Waals surface area contributed by atoms with Gasteiger partial charge in [-0.2, -0.15) is 0 Å². The summed E-state index contributed by atoms with van der Waals surface area (Å²) < 4.78 is 6.64. The van der Waals surface area contributed by atoms with Gasteiger partial charge in [-0.25, -0.2) is 0 Å². The van der Waals surface area contributed by atoms with E-state index in [1.807, 2.05) is 29.2 Å². The number of hydrogen-bond donors (Lipinski definition) is 1. The van der Waals surface area contributed by atoms with Crippen LogP contribution in [0.15, 0.2) is 28.7 Å². The van der Waals surface area contributed by atoms with Gasteiger partial charge in [0.15, 0.2) is 0 Å². The highest BCUT2D eigenvalue weighted by molar-refractivity contribution is 9.10. The number of carbonyl (C=O) groups excluding carboxylic acids is 1. The smallest absolute Gasteiger partial charge is 0.222 e. The van der Waals surface area contributed by atoms with Crippen LogP contribution in [0, 0.1) is 0 Å². The molecular formula is C15H22BrClN2O2. The van der Waals surface area contributed by atoms with Gasteiger partial charge in [0.05, 0.1) is 6.61 Å². The molecule has 4 nitrogen and oxygen atoms in total. The summed E-state index contributed by atoms with van der Waals surface area (Å²) in [6.45, 7) is 4.19. The summed E-state index contributed by atoms with van der Waals surface area (Å²) in [6, 6.07) is 7.76. The van der Waals surface area contributed by atoms with Crippen molar-refractivity contribution in [1.82, 2.24) is 10.2 Å². The summed E-state index contributed by atoms with van der Waals surface area (Å²) in [4.78, 5) is 14.0. The Morgan fingerprint density at radius 1 is 1.33 bits per heavy atom. The fourth-order valence-corrected chi connectivity index (χ4v) is 2.60. The molecule has 0 atom stereocenters. The first-order valence-electron chi connectivity index (χ1n) is 7.12. The van der Waals surface area contributed by atoms with Gasteiger partial charge in [0, 0.05) is 30.5 Å². The minimum atomic E-state index is 0. The van der Waals surface area contributed by atoms with E-state index in [1.165, 1.54) is 0 Å². The summed E-state index contributed by atoms with van der Waals surface area (Å²) in [7, 11) is 0. The molecule has 1 aliphatic heterocycles. The first kappa shape index (κ1) is 18.3. The van der Waals surface area contributed by atoms with Crippen molar-refractivity contribution in [2.24, 2.45) is 0 Å². The van der Waals surface area contributed by atoms with Crippen LogP contribution in [0.2, 0.25) is 0 Å². The minimum absolute atomic E-state index is 0. The van der Waals surface area contributed by atoms with E-state index in [1.54, 1.807) is 0 Å². The Bertz CT molecular complexity index is 437. The fourth-order valence-electron chi connectivity index (χ4n) is 2.22. The third-order valence-electron chi connectivity index (χ3n) is 3.29. The van der Waals surface area contributed by atoms with Gasteiger partial charge in [-0.15, -0.1) is 12.4 Å². The van der Waals surface area contributed by atoms with Crippen LogP contribution in [0.25, 0.3) is 0 Å². The van der Waals surface area contributed by atoms with E-state index in [-0.39, 0.29) is 18.3 Å². The third-order valence-corrected chi connectivity index (χ3v) is 3.79. The van der Waals surface area contributed by atoms with Crippen molar-refractivity contribution in [2.75, 3.05) is 32.8 Å². The van der Waals surface area contributed by atoms with Crippen molar-refractivity contribution in [1.29, 1.82) is 0 Å². The van der Waals surface area contributed by atoms with Gasteiger partial charge >= 0.3 is 0 Å². The number of ether oxygens (including phenoxy) is 1. The summed E-state index contributed by atoms with van der Waals surface area (Å²) in [6.07, 6.45) is 2.36. The first-order chi connectivity index (χ1) is 9.75. The van der Waals surface area contributed by atoms with Crippen LogP contribution in [0.4, 0.5) is 0 Å². The Kier molecular flexibility index (Phi) is 8.73. The zero-order valence-electron chi connectivity index (χ0n) is 12.0. The largest absolute Gasteiger partial charge is 0.494 e. The molecule has 6 heteroatoms. The summed E-state index contributed by atoms with van der Waals surface area (Å²) in [5, 5.41) is 3.30. The molecule has 1 aliphatic rings. The molecule has 0 saturated carbocycles. The van der Waals surface area contributed by atoms with Gasteiger partial charge in [-0.1, -0.05) is 22.0 Å². The Balaban J connectivity index is 0.00000220. The van der Waals surface area contributed by atoms with Gasteiger partial charge < -0.3 is 15.0 Å². The monoisotopic (exact) mass is 376 g/mol. The highest BCUT2D eigenvalue weighted by Crippen LogP contribution is 2.18. The number of carbonyl (C=O) groups is 1. The highest BCUT2D eigenvalue weighted by atomic mass is 79.9. The molecule has 0 aliphatic carbocycles. The molecule has 118 valence electrons. The summed E-state index contributed by atoms with van der Waals surface area (Å²) in [5.41, 5.74) is 0. The number of nitrogens with one attached hydrogen (secondary N) is 1. The van der Waals surface area contributed by atoms with Crippen LogP contribution in [0.3, 0.4) is 0 Å². The van der Waals surface area contributed by atoms with Gasteiger partial charge in [0.25, 0.3) is 0 Å². The van der Waals surface area contributed by atoms with Gasteiger partial charge in [0.1, 0.15) is 5.75 Å². The number of hydrogen-bond acceptors (Lipinski definition) is 3. The van der Waals surface area contributed by atoms with Gasteiger partial charge in [-0.05, 0) is 37.6 Å². The van der Waals surface area contributed by atoms with E-state index in [0.717, 1.165) is 49.2 Å². The maximum absolute atomic E-state index is 12.1. The standard InChI is InChI=1S/C15H21BrN2O2.ClH/c16-13-4-1-5-14(12-13)20-11-2-6-15(19)18-9-3-7-17-8-10-18;/h1,4-5,12,17H,2-3,6-11H2;1H. The second-order valence-corrected chi connectivity index (χ2v) is 5.81. The molecule has 0 unspecified atom stereocenters. The van der Waals surface area contributed by atoms with Gasteiger partial charge in [-0.3, -0.25) is 4.79 Å². The molecule has 1 amide bonds. The Hall–Kier alpha value is -0.780. The molecule has 1 aromatic carbocycles. The molecule has 0 spiro atoms. The van der Waals surface area contributed by atoms with Crippen LogP contribution in [0.1, 0.15) is 19.3 Å². The maximum atomic E-state index is 12.1. The number of halogens is 2. The molecule has 1 N–H and O–H groups in total. The van der Waals surface area contributed by atoms with Crippen molar-refractivity contribution in [3.8, 4) is 5.75 Å². The molecule has 21 heavy (non-hydrogen) atoms. The Morgan fingerprint density at radius 3 is 3.00 bits per heavy atom. The topological polar surface area (TPSA) is 41.6 Å². The van der Waals surface area contributed by atoms with Crippen molar-refractivity contribution in [3.63, 3.8) is 0 Å². The van der Waals surface area contributed by atoms with Crippen LogP contribution in [0.5, 0.6) is 5.75 Å². The fraction of sp³-hybridized carbons (Fsp3) is 0.533. The van der Waals surface area contributed by atoms with E-state index < -0.39 is 0 Å². The van der Waals surface area contributed by atoms with E-state index >= 15 is 0 Å². The molecule has 1 aromatic rings. The number of amides is 1. The summed E-state index contributed by atoms with van der Waals surface area (Å²) >= 11 is 3.41. The predicted molar refractivity (Wildman–Crippen MR) is 90.2 cm³/mol. The third kappa shape index (κ3) is 6.68. The zero-order chi connectivity index (χ0) is 14.2. The first-order valence-corrected chi connectivity index (χ1v) is 7.92. The minimum Gasteiger partial charge on any atom is -0.494 e. The Labute approximate surface area is 140 Å². The van der Waals surface area contributed by atoms with Crippen LogP contribution in [-0.4, -0.2) is 43.6 Å². The SMILES string of the molecule is Cl.O=C(CCCOc1cccc(Br)c1)N1CCCNCC1. The Morgan fingerprint density at radius 2 is 2.19 bits per heavy atom. The lowest BCUT2D eigenvalue weighted by molar-refractivity contribution is -0.131. The second kappa shape index (κ2) is 10.0. The number of benzene rings is 1. The molecule has 0 bridgehead atoms. The lowest BCUT2D eigenvalue weighted by Crippen LogP contribution is -2.34. The average molecular weight is 378 g/mol. The molecular weight excluding hydrogens is 356 g/mol. The van der Waals surface area contributed by atoms with E-state index in [4.69, 9.17) is 4.74 Å². The number of rotatable bonds is 5. The zero-order valence-corrected chi connectivity index (χ0v) is 14.4. The van der Waals surface area contributed by atoms with Crippen LogP contribution >= 0.6 is 28.3 Å². The van der Waals surface area contributed by atoms with Crippen molar-refractivity contribution in [2.45, 2.75) is 19.3 Å². The van der Waals surface area contributed by atoms with Crippen molar-refractivity contribution in [3.05, 3.63) is 28.7 Å². The predicted octanol–water partition coefficient (Wildman–Crippen LogP) is 2.85. The van der Waals surface area contributed by atoms with Crippen molar-refractivity contribution >= 4 is 34.2 Å². The second-order valence-electron chi connectivity index (χ2n) is 4.89. The lowest BCUT2D eigenvalue weighted by atomic mass is 10.2. The van der Waals surface area contributed by atoms with Crippen LogP contribution in [-0.2, 0) is 4.79 Å². The average Bonchev–Trinajstić information content (AvgIpc) is 2.72. The number of nitrogens with zero attached hydrogens (tertiary/aromatic N) is 1. The highest BCUT2D eigenvalue weighted by Gasteiger charge is 2.14. The van der Waals surface area contributed by atoms with Crippen LogP contribution < -0.4 is 10.1 Å². The maximum Gasteiger partial charge on any atom is 0.222 e. The molecule has 0 radical (unpaired) electrons. The van der Waals surface area contributed by atoms with Crippen molar-refractivity contribution < 1.29 is 9.53 Å². The molecule has 0 aromatic heterocycles. The molecule has 1 heterocycles.